The number of hydrogen-bond acceptors (Lipinski definition) is 5. The van der Waals surface area contributed by atoms with Gasteiger partial charge in [0.05, 0.1) is 21.3 Å². The van der Waals surface area contributed by atoms with Crippen molar-refractivity contribution < 1.29 is 19.3 Å². The maximum atomic E-state index is 9.18. The van der Waals surface area contributed by atoms with Gasteiger partial charge in [-0.05, 0) is 85.0 Å². The summed E-state index contributed by atoms with van der Waals surface area (Å²) in [5.74, 6) is 2.38. The average Bonchev–Trinajstić information content (AvgIpc) is 3.49. The van der Waals surface area contributed by atoms with E-state index in [4.69, 9.17) is 14.2 Å². The van der Waals surface area contributed by atoms with Crippen LogP contribution in [-0.2, 0) is 21.7 Å². The van der Waals surface area contributed by atoms with Gasteiger partial charge in [-0.1, -0.05) is 144 Å². The fraction of sp³-hybridized carbons (Fsp3) is 0.422. The van der Waals surface area contributed by atoms with Gasteiger partial charge >= 0.3 is 0 Å². The fourth-order valence-corrected chi connectivity index (χ4v) is 6.17. The summed E-state index contributed by atoms with van der Waals surface area (Å²) in [6, 6.07) is 30.5. The quantitative estimate of drug-likeness (QED) is 0.204. The molecule has 4 nitrogen and oxygen atoms in total. The normalized spacial score (nSPS) is 11.6. The maximum Gasteiger partial charge on any atom is 0.203 e. The number of fused-ring (bicyclic) bond motifs is 1. The van der Waals surface area contributed by atoms with Crippen LogP contribution in [0.2, 0.25) is 0 Å². The molecule has 0 aliphatic heterocycles. The van der Waals surface area contributed by atoms with Crippen LogP contribution < -0.4 is 14.2 Å². The molecule has 5 aromatic rings. The summed E-state index contributed by atoms with van der Waals surface area (Å²) in [4.78, 5) is 0. The van der Waals surface area contributed by atoms with Crippen LogP contribution in [0.1, 0.15) is 105 Å². The van der Waals surface area contributed by atoms with E-state index >= 15 is 0 Å². The van der Waals surface area contributed by atoms with E-state index in [1.165, 1.54) is 21.2 Å². The first-order valence-corrected chi connectivity index (χ1v) is 18.1. The van der Waals surface area contributed by atoms with Gasteiger partial charge in [-0.15, -0.1) is 11.3 Å². The second-order valence-corrected chi connectivity index (χ2v) is 17.4. The summed E-state index contributed by atoms with van der Waals surface area (Å²) >= 11 is 1.84. The zero-order valence-corrected chi connectivity index (χ0v) is 34.1. The second kappa shape index (κ2) is 17.8. The largest absolute Gasteiger partial charge is 0.508 e. The van der Waals surface area contributed by atoms with Crippen molar-refractivity contribution in [2.24, 2.45) is 0 Å². The van der Waals surface area contributed by atoms with E-state index in [0.717, 1.165) is 11.1 Å². The Morgan fingerprint density at radius 1 is 0.480 bits per heavy atom. The number of aromatic hydroxyl groups is 1. The monoisotopic (exact) mass is 698 g/mol. The Balaban J connectivity index is 0.000000235. The molecule has 4 aromatic carbocycles. The van der Waals surface area contributed by atoms with E-state index < -0.39 is 0 Å². The summed E-state index contributed by atoms with van der Waals surface area (Å²) in [6.45, 7) is 26.3. The predicted molar refractivity (Wildman–Crippen MR) is 217 cm³/mol. The molecule has 0 unspecified atom stereocenters. The molecule has 1 N–H and O–H groups in total. The van der Waals surface area contributed by atoms with Gasteiger partial charge in [-0.2, -0.15) is 0 Å². The van der Waals surface area contributed by atoms with Gasteiger partial charge in [0, 0.05) is 4.70 Å². The van der Waals surface area contributed by atoms with Crippen LogP contribution >= 0.6 is 11.3 Å². The Hall–Kier alpha value is -3.96. The van der Waals surface area contributed by atoms with Crippen molar-refractivity contribution in [1.29, 1.82) is 0 Å². The summed E-state index contributed by atoms with van der Waals surface area (Å²) < 4.78 is 17.3. The molecule has 0 atom stereocenters. The molecule has 0 spiro atoms. The van der Waals surface area contributed by atoms with Crippen molar-refractivity contribution in [3.63, 3.8) is 0 Å². The van der Waals surface area contributed by atoms with Crippen LogP contribution in [0.15, 0.2) is 96.4 Å². The Bertz CT molecular complexity index is 1720. The predicted octanol–water partition coefficient (Wildman–Crippen LogP) is 12.9. The van der Waals surface area contributed by atoms with Gasteiger partial charge in [0.25, 0.3) is 0 Å². The van der Waals surface area contributed by atoms with E-state index in [1.54, 1.807) is 33.5 Å². The fourth-order valence-electron chi connectivity index (χ4n) is 4.98. The van der Waals surface area contributed by atoms with Gasteiger partial charge in [-0.25, -0.2) is 0 Å². The summed E-state index contributed by atoms with van der Waals surface area (Å²) in [6.07, 6.45) is 0. The van der Waals surface area contributed by atoms with Crippen LogP contribution in [0, 0.1) is 0 Å². The highest BCUT2D eigenvalue weighted by atomic mass is 32.1. The maximum absolute atomic E-state index is 9.18. The van der Waals surface area contributed by atoms with Crippen LogP contribution in [-0.4, -0.2) is 26.4 Å². The number of methoxy groups -OCH3 is 3. The van der Waals surface area contributed by atoms with Crippen LogP contribution in [0.5, 0.6) is 23.0 Å². The van der Waals surface area contributed by atoms with Gasteiger partial charge < -0.3 is 19.3 Å². The molecule has 272 valence electrons. The lowest BCUT2D eigenvalue weighted by Crippen LogP contribution is -2.11. The van der Waals surface area contributed by atoms with Crippen LogP contribution in [0.25, 0.3) is 10.1 Å². The Morgan fingerprint density at radius 2 is 0.960 bits per heavy atom. The second-order valence-electron chi connectivity index (χ2n) is 16.5. The minimum Gasteiger partial charge on any atom is -0.508 e. The standard InChI is InChI=1S/C13H20O3.C12H14S.C10H14O.C10H14/c1-13(2,3)9-7-10(14-4)12(16-6)11(8-9)15-5;1-12(2,3)10-8-13-11-7-5-4-6-9(10)11;1-10(2,3)8-5-4-6-9(11)7-8;1-10(2,3)9-7-5-4-6-8-9/h7-8H,1-6H3;4-8H,1-3H3;4-7,11H,1-3H3;4-8H,1-3H3. The number of thiophene rings is 1. The van der Waals surface area contributed by atoms with Gasteiger partial charge in [0.1, 0.15) is 5.75 Å². The van der Waals surface area contributed by atoms with Crippen molar-refractivity contribution in [3.05, 3.63) is 119 Å². The van der Waals surface area contributed by atoms with E-state index in [2.05, 4.69) is 143 Å². The topological polar surface area (TPSA) is 47.9 Å². The van der Waals surface area contributed by atoms with Crippen molar-refractivity contribution in [2.45, 2.75) is 105 Å². The third-order valence-corrected chi connectivity index (χ3v) is 9.14. The molecular formula is C45H62O4S. The first kappa shape index (κ1) is 42.2. The van der Waals surface area contributed by atoms with E-state index in [-0.39, 0.29) is 16.2 Å². The molecule has 50 heavy (non-hydrogen) atoms. The lowest BCUT2D eigenvalue weighted by Gasteiger charge is -2.22. The Kier molecular flexibility index (Phi) is 15.0. The number of benzene rings is 4. The molecule has 0 aliphatic carbocycles. The number of phenols is 1. The zero-order valence-electron chi connectivity index (χ0n) is 33.3. The first-order valence-electron chi connectivity index (χ1n) is 17.3. The Labute approximate surface area is 307 Å². The smallest absolute Gasteiger partial charge is 0.203 e. The molecule has 0 saturated carbocycles. The first-order chi connectivity index (χ1) is 23.1. The van der Waals surface area contributed by atoms with E-state index in [1.807, 2.05) is 35.6 Å². The minimum atomic E-state index is 0.0484. The highest BCUT2D eigenvalue weighted by molar-refractivity contribution is 7.17. The number of hydrogen-bond donors (Lipinski definition) is 1. The van der Waals surface area contributed by atoms with Crippen molar-refractivity contribution in [2.75, 3.05) is 21.3 Å². The molecule has 1 heterocycles. The summed E-state index contributed by atoms with van der Waals surface area (Å²) in [5.41, 5.74) is 5.91. The van der Waals surface area contributed by atoms with Crippen molar-refractivity contribution >= 4 is 21.4 Å². The molecule has 5 heteroatoms. The minimum absolute atomic E-state index is 0.0484. The molecule has 0 fully saturated rings. The molecule has 0 saturated heterocycles. The molecule has 0 bridgehead atoms. The number of ether oxygens (including phenoxy) is 3. The Morgan fingerprint density at radius 3 is 1.36 bits per heavy atom. The summed E-state index contributed by atoms with van der Waals surface area (Å²) in [5, 5.41) is 12.9. The molecule has 5 rings (SSSR count). The van der Waals surface area contributed by atoms with Crippen molar-refractivity contribution in [3.8, 4) is 23.0 Å². The molecule has 1 aromatic heterocycles. The molecule has 0 radical (unpaired) electrons. The van der Waals surface area contributed by atoms with Gasteiger partial charge in [0.15, 0.2) is 11.5 Å². The van der Waals surface area contributed by atoms with Crippen LogP contribution in [0.3, 0.4) is 0 Å². The van der Waals surface area contributed by atoms with Gasteiger partial charge in [0.2, 0.25) is 5.75 Å². The van der Waals surface area contributed by atoms with Gasteiger partial charge in [-0.3, -0.25) is 0 Å². The SMILES string of the molecule is CC(C)(C)c1cccc(O)c1.CC(C)(C)c1ccccc1.CC(C)(C)c1csc2ccccc12.COc1cc(C(C)(C)C)cc(OC)c1OC. The molecule has 0 amide bonds. The van der Waals surface area contributed by atoms with E-state index in [9.17, 15) is 5.11 Å². The average molecular weight is 699 g/mol. The van der Waals surface area contributed by atoms with E-state index in [0.29, 0.717) is 28.4 Å². The molecule has 0 aliphatic rings. The molecular weight excluding hydrogens is 637 g/mol. The lowest BCUT2D eigenvalue weighted by atomic mass is 9.86. The highest BCUT2D eigenvalue weighted by Crippen LogP contribution is 2.41. The van der Waals surface area contributed by atoms with Crippen molar-refractivity contribution in [1.82, 2.24) is 0 Å². The lowest BCUT2D eigenvalue weighted by molar-refractivity contribution is 0.322. The highest BCUT2D eigenvalue weighted by Gasteiger charge is 2.21. The third kappa shape index (κ3) is 12.7. The van der Waals surface area contributed by atoms with Crippen LogP contribution in [0.4, 0.5) is 0 Å². The third-order valence-electron chi connectivity index (χ3n) is 8.17. The number of rotatable bonds is 3. The summed E-state index contributed by atoms with van der Waals surface area (Å²) in [7, 11) is 4.87. The zero-order chi connectivity index (χ0) is 37.9. The number of phenolic OH excluding ortho intramolecular Hbond substituents is 1.